The van der Waals surface area contributed by atoms with Crippen LogP contribution in [-0.2, 0) is 11.8 Å². The van der Waals surface area contributed by atoms with Crippen molar-refractivity contribution in [1.29, 1.82) is 0 Å². The zero-order valence-electron chi connectivity index (χ0n) is 11.4. The number of nitrogens with zero attached hydrogens (tertiary/aromatic N) is 3. The van der Waals surface area contributed by atoms with Crippen LogP contribution in [0.5, 0.6) is 0 Å². The van der Waals surface area contributed by atoms with E-state index in [1.807, 2.05) is 19.6 Å². The second-order valence-corrected chi connectivity index (χ2v) is 4.90. The molecule has 0 spiro atoms. The van der Waals surface area contributed by atoms with E-state index < -0.39 is 0 Å². The number of nitrogens with two attached hydrogens (primary N) is 1. The minimum atomic E-state index is 0.251. The van der Waals surface area contributed by atoms with E-state index in [4.69, 9.17) is 10.5 Å². The molecule has 18 heavy (non-hydrogen) atoms. The molecule has 5 heteroatoms. The SMILES string of the molecule is CCOC1CCCN(C(CN)c2cncn2C)C1. The summed E-state index contributed by atoms with van der Waals surface area (Å²) in [7, 11) is 2.02. The van der Waals surface area contributed by atoms with E-state index in [0.29, 0.717) is 12.6 Å². The highest BCUT2D eigenvalue weighted by Gasteiger charge is 2.27. The Morgan fingerprint density at radius 1 is 1.61 bits per heavy atom. The number of rotatable bonds is 5. The molecule has 2 rings (SSSR count). The van der Waals surface area contributed by atoms with Gasteiger partial charge in [0.1, 0.15) is 0 Å². The van der Waals surface area contributed by atoms with Crippen LogP contribution in [-0.4, -0.2) is 46.8 Å². The van der Waals surface area contributed by atoms with E-state index in [1.165, 1.54) is 12.1 Å². The minimum Gasteiger partial charge on any atom is -0.377 e. The zero-order valence-corrected chi connectivity index (χ0v) is 11.4. The van der Waals surface area contributed by atoms with Crippen molar-refractivity contribution in [2.75, 3.05) is 26.2 Å². The fourth-order valence-corrected chi connectivity index (χ4v) is 2.77. The van der Waals surface area contributed by atoms with Gasteiger partial charge in [-0.3, -0.25) is 4.90 Å². The monoisotopic (exact) mass is 252 g/mol. The summed E-state index contributed by atoms with van der Waals surface area (Å²) in [5.41, 5.74) is 7.15. The molecule has 1 saturated heterocycles. The number of aromatic nitrogens is 2. The van der Waals surface area contributed by atoms with Crippen LogP contribution in [0, 0.1) is 0 Å². The Morgan fingerprint density at radius 3 is 3.06 bits per heavy atom. The van der Waals surface area contributed by atoms with Gasteiger partial charge in [-0.15, -0.1) is 0 Å². The molecule has 1 aromatic rings. The molecular weight excluding hydrogens is 228 g/mol. The number of likely N-dealkylation sites (tertiary alicyclic amines) is 1. The number of hydrogen-bond acceptors (Lipinski definition) is 4. The number of ether oxygens (including phenoxy) is 1. The molecule has 0 bridgehead atoms. The molecule has 1 fully saturated rings. The summed E-state index contributed by atoms with van der Waals surface area (Å²) in [5.74, 6) is 0. The standard InChI is InChI=1S/C13H24N4O/c1-3-18-11-5-4-6-17(9-11)12(7-14)13-8-15-10-16(13)2/h8,10-12H,3-7,9,14H2,1-2H3. The third-order valence-corrected chi connectivity index (χ3v) is 3.67. The lowest BCUT2D eigenvalue weighted by molar-refractivity contribution is -0.00746. The van der Waals surface area contributed by atoms with E-state index in [0.717, 1.165) is 26.1 Å². The summed E-state index contributed by atoms with van der Waals surface area (Å²) < 4.78 is 7.81. The smallest absolute Gasteiger partial charge is 0.0946 e. The molecule has 0 amide bonds. The topological polar surface area (TPSA) is 56.3 Å². The molecule has 102 valence electrons. The van der Waals surface area contributed by atoms with Crippen molar-refractivity contribution in [1.82, 2.24) is 14.5 Å². The normalized spacial score (nSPS) is 23.2. The van der Waals surface area contributed by atoms with E-state index in [1.54, 1.807) is 0 Å². The lowest BCUT2D eigenvalue weighted by atomic mass is 10.0. The van der Waals surface area contributed by atoms with Crippen molar-refractivity contribution in [3.63, 3.8) is 0 Å². The first kappa shape index (κ1) is 13.5. The number of aryl methyl sites for hydroxylation is 1. The predicted molar refractivity (Wildman–Crippen MR) is 71.2 cm³/mol. The number of hydrogen-bond donors (Lipinski definition) is 1. The lowest BCUT2D eigenvalue weighted by Crippen LogP contribution is -2.44. The molecule has 2 N–H and O–H groups in total. The van der Waals surface area contributed by atoms with Crippen LogP contribution in [0.1, 0.15) is 31.5 Å². The van der Waals surface area contributed by atoms with Crippen LogP contribution in [0.3, 0.4) is 0 Å². The van der Waals surface area contributed by atoms with Crippen molar-refractivity contribution in [2.45, 2.75) is 31.9 Å². The van der Waals surface area contributed by atoms with Gasteiger partial charge < -0.3 is 15.0 Å². The molecule has 5 nitrogen and oxygen atoms in total. The van der Waals surface area contributed by atoms with Crippen LogP contribution in [0.4, 0.5) is 0 Å². The largest absolute Gasteiger partial charge is 0.377 e. The Hall–Kier alpha value is -0.910. The first-order valence-electron chi connectivity index (χ1n) is 6.78. The average Bonchev–Trinajstić information content (AvgIpc) is 2.78. The molecule has 2 unspecified atom stereocenters. The molecule has 0 aromatic carbocycles. The van der Waals surface area contributed by atoms with Gasteiger partial charge in [-0.05, 0) is 26.3 Å². The maximum atomic E-state index is 5.96. The summed E-state index contributed by atoms with van der Waals surface area (Å²) in [4.78, 5) is 6.62. The molecule has 1 aliphatic rings. The van der Waals surface area contributed by atoms with Crippen LogP contribution in [0.25, 0.3) is 0 Å². The fraction of sp³-hybridized carbons (Fsp3) is 0.769. The van der Waals surface area contributed by atoms with Crippen molar-refractivity contribution in [3.05, 3.63) is 18.2 Å². The second kappa shape index (κ2) is 6.31. The Bertz CT molecular complexity index is 364. The van der Waals surface area contributed by atoms with E-state index in [9.17, 15) is 0 Å². The molecule has 0 saturated carbocycles. The highest BCUT2D eigenvalue weighted by Crippen LogP contribution is 2.24. The van der Waals surface area contributed by atoms with Crippen LogP contribution < -0.4 is 5.73 Å². The van der Waals surface area contributed by atoms with Crippen LogP contribution in [0.15, 0.2) is 12.5 Å². The molecular formula is C13H24N4O. The number of piperidine rings is 1. The molecule has 1 aromatic heterocycles. The van der Waals surface area contributed by atoms with Gasteiger partial charge in [0.25, 0.3) is 0 Å². The molecule has 2 heterocycles. The van der Waals surface area contributed by atoms with Crippen molar-refractivity contribution in [3.8, 4) is 0 Å². The molecule has 0 radical (unpaired) electrons. The summed E-state index contributed by atoms with van der Waals surface area (Å²) in [5, 5.41) is 0. The van der Waals surface area contributed by atoms with Gasteiger partial charge in [0.05, 0.1) is 24.2 Å². The number of imidazole rings is 1. The van der Waals surface area contributed by atoms with E-state index in [2.05, 4.69) is 21.4 Å². The van der Waals surface area contributed by atoms with Gasteiger partial charge in [0.15, 0.2) is 0 Å². The molecule has 0 aliphatic carbocycles. The van der Waals surface area contributed by atoms with Crippen molar-refractivity contribution >= 4 is 0 Å². The Labute approximate surface area is 109 Å². The minimum absolute atomic E-state index is 0.251. The first-order chi connectivity index (χ1) is 8.76. The maximum absolute atomic E-state index is 5.96. The second-order valence-electron chi connectivity index (χ2n) is 4.90. The molecule has 2 atom stereocenters. The van der Waals surface area contributed by atoms with Crippen molar-refractivity contribution < 1.29 is 4.74 Å². The van der Waals surface area contributed by atoms with Crippen LogP contribution in [0.2, 0.25) is 0 Å². The summed E-state index contributed by atoms with van der Waals surface area (Å²) in [6.45, 7) is 5.54. The highest BCUT2D eigenvalue weighted by molar-refractivity contribution is 5.06. The Morgan fingerprint density at radius 2 is 2.44 bits per heavy atom. The Balaban J connectivity index is 2.06. The first-order valence-corrected chi connectivity index (χ1v) is 6.78. The van der Waals surface area contributed by atoms with Gasteiger partial charge in [-0.25, -0.2) is 4.98 Å². The van der Waals surface area contributed by atoms with Gasteiger partial charge in [-0.1, -0.05) is 0 Å². The van der Waals surface area contributed by atoms with Gasteiger partial charge in [0, 0.05) is 32.9 Å². The predicted octanol–water partition coefficient (Wildman–Crippen LogP) is 0.921. The lowest BCUT2D eigenvalue weighted by Gasteiger charge is -2.37. The Kier molecular flexibility index (Phi) is 4.74. The fourth-order valence-electron chi connectivity index (χ4n) is 2.77. The van der Waals surface area contributed by atoms with E-state index in [-0.39, 0.29) is 6.04 Å². The molecule has 1 aliphatic heterocycles. The maximum Gasteiger partial charge on any atom is 0.0946 e. The summed E-state index contributed by atoms with van der Waals surface area (Å²) in [6, 6.07) is 0.251. The summed E-state index contributed by atoms with van der Waals surface area (Å²) in [6.07, 6.45) is 6.45. The zero-order chi connectivity index (χ0) is 13.0. The van der Waals surface area contributed by atoms with Gasteiger partial charge in [-0.2, -0.15) is 0 Å². The van der Waals surface area contributed by atoms with Crippen LogP contribution >= 0.6 is 0 Å². The van der Waals surface area contributed by atoms with Crippen molar-refractivity contribution in [2.24, 2.45) is 12.8 Å². The quantitative estimate of drug-likeness (QED) is 0.846. The van der Waals surface area contributed by atoms with E-state index >= 15 is 0 Å². The third-order valence-electron chi connectivity index (χ3n) is 3.67. The average molecular weight is 252 g/mol. The highest BCUT2D eigenvalue weighted by atomic mass is 16.5. The summed E-state index contributed by atoms with van der Waals surface area (Å²) >= 11 is 0. The third kappa shape index (κ3) is 2.91. The van der Waals surface area contributed by atoms with Gasteiger partial charge in [0.2, 0.25) is 0 Å². The van der Waals surface area contributed by atoms with Gasteiger partial charge >= 0.3 is 0 Å².